The van der Waals surface area contributed by atoms with Crippen LogP contribution in [0, 0.1) is 5.41 Å². The number of nitrogens with zero attached hydrogens (tertiary/aromatic N) is 1. The lowest BCUT2D eigenvalue weighted by Gasteiger charge is -2.10. The Kier molecular flexibility index (Phi) is 2.96. The second kappa shape index (κ2) is 3.93. The van der Waals surface area contributed by atoms with Crippen LogP contribution in [0.25, 0.3) is 0 Å². The van der Waals surface area contributed by atoms with Crippen LogP contribution in [0.2, 0.25) is 0 Å². The Balaban J connectivity index is 2.07. The number of halogens is 2. The molecule has 0 aliphatic heterocycles. The predicted molar refractivity (Wildman–Crippen MR) is 67.9 cm³/mol. The van der Waals surface area contributed by atoms with E-state index < -0.39 is 9.75 Å². The van der Waals surface area contributed by atoms with Crippen LogP contribution in [0.4, 0.5) is 5.13 Å². The summed E-state index contributed by atoms with van der Waals surface area (Å²) in [6.45, 7) is 3.14. The maximum absolute atomic E-state index is 11.9. The number of alkyl halides is 2. The van der Waals surface area contributed by atoms with E-state index in [1.54, 1.807) is 6.92 Å². The van der Waals surface area contributed by atoms with Crippen LogP contribution < -0.4 is 5.32 Å². The molecule has 0 saturated heterocycles. The minimum atomic E-state index is -1.00. The van der Waals surface area contributed by atoms with Gasteiger partial charge in [-0.25, -0.2) is 4.98 Å². The highest BCUT2D eigenvalue weighted by Crippen LogP contribution is 2.64. The molecule has 0 spiro atoms. The SMILES string of the molecule is CC(=O)c1cnc(NC(=O)C2(C)CC2(Cl)Cl)s1. The molecule has 0 aromatic carbocycles. The zero-order valence-corrected chi connectivity index (χ0v) is 11.5. The number of rotatable bonds is 3. The van der Waals surface area contributed by atoms with Gasteiger partial charge in [0.15, 0.2) is 10.9 Å². The normalized spacial score (nSPS) is 25.4. The predicted octanol–water partition coefficient (Wildman–Crippen LogP) is 2.87. The number of ketones is 1. The van der Waals surface area contributed by atoms with Crippen LogP contribution in [-0.2, 0) is 4.79 Å². The van der Waals surface area contributed by atoms with E-state index >= 15 is 0 Å². The molecule has 1 aliphatic carbocycles. The third kappa shape index (κ3) is 2.19. The zero-order chi connectivity index (χ0) is 12.8. The molecule has 1 aliphatic rings. The largest absolute Gasteiger partial charge is 0.301 e. The highest BCUT2D eigenvalue weighted by Gasteiger charge is 2.68. The topological polar surface area (TPSA) is 59.1 Å². The van der Waals surface area contributed by atoms with Crippen molar-refractivity contribution in [3.05, 3.63) is 11.1 Å². The summed E-state index contributed by atoms with van der Waals surface area (Å²) in [5, 5.41) is 3.01. The molecule has 1 heterocycles. The lowest BCUT2D eigenvalue weighted by molar-refractivity contribution is -0.120. The number of nitrogens with one attached hydrogen (secondary N) is 1. The van der Waals surface area contributed by atoms with Crippen molar-refractivity contribution in [1.29, 1.82) is 0 Å². The fraction of sp³-hybridized carbons (Fsp3) is 0.500. The summed E-state index contributed by atoms with van der Waals surface area (Å²) < 4.78 is -1.00. The van der Waals surface area contributed by atoms with Gasteiger partial charge in [-0.05, 0) is 13.3 Å². The van der Waals surface area contributed by atoms with Crippen molar-refractivity contribution in [2.24, 2.45) is 5.41 Å². The Morgan fingerprint density at radius 2 is 2.12 bits per heavy atom. The Morgan fingerprint density at radius 1 is 1.53 bits per heavy atom. The molecular weight excluding hydrogens is 283 g/mol. The quantitative estimate of drug-likeness (QED) is 0.688. The molecule has 92 valence electrons. The van der Waals surface area contributed by atoms with Crippen LogP contribution in [0.5, 0.6) is 0 Å². The third-order valence-corrected chi connectivity index (χ3v) is 4.95. The molecule has 1 saturated carbocycles. The molecule has 4 nitrogen and oxygen atoms in total. The summed E-state index contributed by atoms with van der Waals surface area (Å²) in [6.07, 6.45) is 1.85. The van der Waals surface area contributed by atoms with Gasteiger partial charge in [0.2, 0.25) is 5.91 Å². The van der Waals surface area contributed by atoms with Crippen LogP contribution in [-0.4, -0.2) is 21.0 Å². The van der Waals surface area contributed by atoms with Crippen LogP contribution >= 0.6 is 34.5 Å². The van der Waals surface area contributed by atoms with Crippen molar-refractivity contribution in [1.82, 2.24) is 4.98 Å². The van der Waals surface area contributed by atoms with E-state index in [1.807, 2.05) is 0 Å². The van der Waals surface area contributed by atoms with E-state index in [1.165, 1.54) is 13.1 Å². The van der Waals surface area contributed by atoms with Crippen molar-refractivity contribution in [3.63, 3.8) is 0 Å². The summed E-state index contributed by atoms with van der Waals surface area (Å²) in [7, 11) is 0. The standard InChI is InChI=1S/C10H10Cl2N2O2S/c1-5(15)6-3-13-8(17-6)14-7(16)9(2)4-10(9,11)12/h3H,4H2,1-2H3,(H,13,14,16). The summed E-state index contributed by atoms with van der Waals surface area (Å²) >= 11 is 12.9. The van der Waals surface area contributed by atoms with Crippen LogP contribution in [0.3, 0.4) is 0 Å². The lowest BCUT2D eigenvalue weighted by atomic mass is 10.1. The average molecular weight is 293 g/mol. The zero-order valence-electron chi connectivity index (χ0n) is 9.21. The Labute approximate surface area is 112 Å². The highest BCUT2D eigenvalue weighted by molar-refractivity contribution is 7.17. The number of hydrogen-bond donors (Lipinski definition) is 1. The summed E-state index contributed by atoms with van der Waals surface area (Å²) in [6, 6.07) is 0. The molecule has 1 unspecified atom stereocenters. The van der Waals surface area contributed by atoms with Gasteiger partial charge in [-0.1, -0.05) is 11.3 Å². The lowest BCUT2D eigenvalue weighted by Crippen LogP contribution is -2.25. The molecule has 0 radical (unpaired) electrons. The number of anilines is 1. The molecule has 2 rings (SSSR count). The molecule has 1 amide bonds. The number of carbonyl (C=O) groups excluding carboxylic acids is 2. The molecule has 7 heteroatoms. The fourth-order valence-electron chi connectivity index (χ4n) is 1.38. The second-order valence-corrected chi connectivity index (χ2v) is 6.77. The summed E-state index contributed by atoms with van der Waals surface area (Å²) in [5.41, 5.74) is -0.780. The van der Waals surface area contributed by atoms with Crippen molar-refractivity contribution in [2.75, 3.05) is 5.32 Å². The van der Waals surface area contributed by atoms with E-state index in [2.05, 4.69) is 10.3 Å². The van der Waals surface area contributed by atoms with Gasteiger partial charge in [-0.2, -0.15) is 0 Å². The first-order valence-corrected chi connectivity index (χ1v) is 6.49. The van der Waals surface area contributed by atoms with E-state index in [-0.39, 0.29) is 11.7 Å². The number of thiazole rings is 1. The van der Waals surface area contributed by atoms with Gasteiger partial charge in [0.25, 0.3) is 0 Å². The van der Waals surface area contributed by atoms with Gasteiger partial charge in [0, 0.05) is 6.92 Å². The van der Waals surface area contributed by atoms with Gasteiger partial charge >= 0.3 is 0 Å². The molecule has 1 aromatic rings. The molecule has 1 aromatic heterocycles. The number of Topliss-reactive ketones (excluding diaryl/α,β-unsaturated/α-hetero) is 1. The number of carbonyl (C=O) groups is 2. The van der Waals surface area contributed by atoms with Gasteiger partial charge in [-0.15, -0.1) is 23.2 Å². The molecule has 0 bridgehead atoms. The monoisotopic (exact) mass is 292 g/mol. The fourth-order valence-corrected chi connectivity index (χ4v) is 2.79. The van der Waals surface area contributed by atoms with Crippen molar-refractivity contribution in [2.45, 2.75) is 24.6 Å². The third-order valence-electron chi connectivity index (χ3n) is 2.83. The average Bonchev–Trinajstić information content (AvgIpc) is 2.63. The first-order chi connectivity index (χ1) is 7.76. The van der Waals surface area contributed by atoms with Gasteiger partial charge < -0.3 is 5.32 Å². The second-order valence-electron chi connectivity index (χ2n) is 4.25. The first kappa shape index (κ1) is 12.8. The molecule has 1 fully saturated rings. The minimum absolute atomic E-state index is 0.0790. The maximum Gasteiger partial charge on any atom is 0.235 e. The smallest absolute Gasteiger partial charge is 0.235 e. The summed E-state index contributed by atoms with van der Waals surface area (Å²) in [4.78, 5) is 27.4. The van der Waals surface area contributed by atoms with Gasteiger partial charge in [0.1, 0.15) is 4.33 Å². The number of aromatic nitrogens is 1. The maximum atomic E-state index is 11.9. The van der Waals surface area contributed by atoms with Crippen molar-refractivity contribution >= 4 is 51.4 Å². The molecular formula is C10H10Cl2N2O2S. The van der Waals surface area contributed by atoms with E-state index in [4.69, 9.17) is 23.2 Å². The van der Waals surface area contributed by atoms with Crippen molar-refractivity contribution < 1.29 is 9.59 Å². The van der Waals surface area contributed by atoms with Gasteiger partial charge in [-0.3, -0.25) is 9.59 Å². The van der Waals surface area contributed by atoms with E-state index in [0.29, 0.717) is 16.4 Å². The van der Waals surface area contributed by atoms with E-state index in [0.717, 1.165) is 11.3 Å². The number of amides is 1. The molecule has 1 atom stereocenters. The Morgan fingerprint density at radius 3 is 2.53 bits per heavy atom. The van der Waals surface area contributed by atoms with Crippen molar-refractivity contribution in [3.8, 4) is 0 Å². The first-order valence-electron chi connectivity index (χ1n) is 4.92. The van der Waals surface area contributed by atoms with E-state index in [9.17, 15) is 9.59 Å². The molecule has 17 heavy (non-hydrogen) atoms. The van der Waals surface area contributed by atoms with Gasteiger partial charge in [0.05, 0.1) is 16.5 Å². The van der Waals surface area contributed by atoms with Crippen LogP contribution in [0.15, 0.2) is 6.20 Å². The Bertz CT molecular complexity index is 500. The molecule has 1 N–H and O–H groups in total. The number of hydrogen-bond acceptors (Lipinski definition) is 4. The Hall–Kier alpha value is -0.650. The summed E-state index contributed by atoms with van der Waals surface area (Å²) in [5.74, 6) is -0.350. The minimum Gasteiger partial charge on any atom is -0.301 e. The highest BCUT2D eigenvalue weighted by atomic mass is 35.5. The van der Waals surface area contributed by atoms with Crippen LogP contribution in [0.1, 0.15) is 29.9 Å².